The smallest absolute Gasteiger partial charge is 0.0622 e. The van der Waals surface area contributed by atoms with E-state index < -0.39 is 0 Å². The Labute approximate surface area is 74.7 Å². The van der Waals surface area contributed by atoms with Crippen molar-refractivity contribution >= 4 is 0 Å². The Kier molecular flexibility index (Phi) is 8.09. The SMILES string of the molecule is CCC(COC)NCCCC#N. The van der Waals surface area contributed by atoms with Crippen molar-refractivity contribution in [2.75, 3.05) is 20.3 Å². The summed E-state index contributed by atoms with van der Waals surface area (Å²) in [6, 6.07) is 2.56. The predicted octanol–water partition coefficient (Wildman–Crippen LogP) is 1.30. The second kappa shape index (κ2) is 8.51. The second-order valence-corrected chi connectivity index (χ2v) is 2.78. The standard InChI is InChI=1S/C9H18N2O/c1-3-9(8-12-2)11-7-5-4-6-10/h9,11H,3-5,7-8H2,1-2H3. The number of nitrogens with zero attached hydrogens (tertiary/aromatic N) is 1. The van der Waals surface area contributed by atoms with Crippen LogP contribution < -0.4 is 5.32 Å². The highest BCUT2D eigenvalue weighted by atomic mass is 16.5. The highest BCUT2D eigenvalue weighted by molar-refractivity contribution is 4.70. The van der Waals surface area contributed by atoms with Gasteiger partial charge in [-0.25, -0.2) is 0 Å². The molecule has 0 radical (unpaired) electrons. The molecule has 0 aliphatic carbocycles. The van der Waals surface area contributed by atoms with E-state index in [4.69, 9.17) is 10.00 Å². The number of ether oxygens (including phenoxy) is 1. The molecule has 0 aliphatic heterocycles. The maximum Gasteiger partial charge on any atom is 0.0622 e. The van der Waals surface area contributed by atoms with Gasteiger partial charge < -0.3 is 10.1 Å². The molecule has 0 heterocycles. The van der Waals surface area contributed by atoms with Gasteiger partial charge in [0.1, 0.15) is 0 Å². The third-order valence-corrected chi connectivity index (χ3v) is 1.76. The lowest BCUT2D eigenvalue weighted by molar-refractivity contribution is 0.164. The van der Waals surface area contributed by atoms with Crippen LogP contribution in [0.25, 0.3) is 0 Å². The number of rotatable bonds is 7. The van der Waals surface area contributed by atoms with E-state index in [1.807, 2.05) is 0 Å². The van der Waals surface area contributed by atoms with Crippen LogP contribution in [0.2, 0.25) is 0 Å². The lowest BCUT2D eigenvalue weighted by atomic mass is 10.2. The van der Waals surface area contributed by atoms with Crippen LogP contribution in [-0.4, -0.2) is 26.3 Å². The second-order valence-electron chi connectivity index (χ2n) is 2.78. The Morgan fingerprint density at radius 3 is 2.83 bits per heavy atom. The molecule has 0 aromatic carbocycles. The summed E-state index contributed by atoms with van der Waals surface area (Å²) in [5.74, 6) is 0. The van der Waals surface area contributed by atoms with Crippen molar-refractivity contribution in [3.63, 3.8) is 0 Å². The first-order chi connectivity index (χ1) is 5.85. The number of hydrogen-bond acceptors (Lipinski definition) is 3. The van der Waals surface area contributed by atoms with Crippen molar-refractivity contribution in [2.24, 2.45) is 0 Å². The fraction of sp³-hybridized carbons (Fsp3) is 0.889. The molecule has 12 heavy (non-hydrogen) atoms. The van der Waals surface area contributed by atoms with Crippen LogP contribution in [0.3, 0.4) is 0 Å². The molecule has 0 amide bonds. The Balaban J connectivity index is 3.26. The minimum atomic E-state index is 0.439. The Hall–Kier alpha value is -0.590. The molecule has 3 nitrogen and oxygen atoms in total. The molecule has 3 heteroatoms. The van der Waals surface area contributed by atoms with E-state index in [1.165, 1.54) is 0 Å². The van der Waals surface area contributed by atoms with Crippen LogP contribution in [0, 0.1) is 11.3 Å². The molecule has 1 atom stereocenters. The Morgan fingerprint density at radius 2 is 2.33 bits per heavy atom. The van der Waals surface area contributed by atoms with E-state index in [0.717, 1.165) is 26.0 Å². The van der Waals surface area contributed by atoms with Crippen molar-refractivity contribution in [2.45, 2.75) is 32.2 Å². The van der Waals surface area contributed by atoms with Gasteiger partial charge in [-0.2, -0.15) is 5.26 Å². The van der Waals surface area contributed by atoms with Gasteiger partial charge in [0.2, 0.25) is 0 Å². The molecule has 0 aromatic heterocycles. The molecular weight excluding hydrogens is 152 g/mol. The topological polar surface area (TPSA) is 45.0 Å². The summed E-state index contributed by atoms with van der Waals surface area (Å²) >= 11 is 0. The first-order valence-electron chi connectivity index (χ1n) is 4.44. The quantitative estimate of drug-likeness (QED) is 0.586. The average molecular weight is 170 g/mol. The third kappa shape index (κ3) is 6.14. The zero-order valence-corrected chi connectivity index (χ0v) is 7.97. The lowest BCUT2D eigenvalue weighted by Crippen LogP contribution is -2.33. The van der Waals surface area contributed by atoms with Gasteiger partial charge in [0, 0.05) is 19.6 Å². The lowest BCUT2D eigenvalue weighted by Gasteiger charge is -2.14. The molecular formula is C9H18N2O. The largest absolute Gasteiger partial charge is 0.383 e. The normalized spacial score (nSPS) is 12.4. The van der Waals surface area contributed by atoms with Crippen LogP contribution in [0.15, 0.2) is 0 Å². The molecule has 1 unspecified atom stereocenters. The van der Waals surface area contributed by atoms with Crippen LogP contribution in [0.1, 0.15) is 26.2 Å². The maximum atomic E-state index is 8.29. The zero-order valence-electron chi connectivity index (χ0n) is 7.97. The summed E-state index contributed by atoms with van der Waals surface area (Å²) in [5, 5.41) is 11.6. The molecule has 0 aromatic rings. The van der Waals surface area contributed by atoms with E-state index >= 15 is 0 Å². The van der Waals surface area contributed by atoms with Crippen molar-refractivity contribution in [3.8, 4) is 6.07 Å². The number of unbranched alkanes of at least 4 members (excludes halogenated alkanes) is 1. The summed E-state index contributed by atoms with van der Waals surface area (Å²) < 4.78 is 5.02. The molecule has 0 rings (SSSR count). The highest BCUT2D eigenvalue weighted by Gasteiger charge is 2.02. The van der Waals surface area contributed by atoms with Crippen LogP contribution in [0.4, 0.5) is 0 Å². The summed E-state index contributed by atoms with van der Waals surface area (Å²) in [7, 11) is 1.71. The Bertz CT molecular complexity index is 131. The van der Waals surface area contributed by atoms with E-state index in [2.05, 4.69) is 18.3 Å². The molecule has 0 bridgehead atoms. The van der Waals surface area contributed by atoms with Gasteiger partial charge in [0.05, 0.1) is 12.7 Å². The summed E-state index contributed by atoms with van der Waals surface area (Å²) in [6.45, 7) is 3.79. The van der Waals surface area contributed by atoms with E-state index in [-0.39, 0.29) is 0 Å². The van der Waals surface area contributed by atoms with Crippen molar-refractivity contribution < 1.29 is 4.74 Å². The van der Waals surface area contributed by atoms with Crippen LogP contribution >= 0.6 is 0 Å². The fourth-order valence-electron chi connectivity index (χ4n) is 0.996. The van der Waals surface area contributed by atoms with Crippen molar-refractivity contribution in [1.29, 1.82) is 5.26 Å². The molecule has 0 saturated carbocycles. The molecule has 0 aliphatic rings. The minimum Gasteiger partial charge on any atom is -0.383 e. The van der Waals surface area contributed by atoms with Crippen molar-refractivity contribution in [1.82, 2.24) is 5.32 Å². The summed E-state index contributed by atoms with van der Waals surface area (Å²) in [5.41, 5.74) is 0. The molecule has 0 spiro atoms. The van der Waals surface area contributed by atoms with E-state index in [0.29, 0.717) is 12.5 Å². The van der Waals surface area contributed by atoms with Crippen molar-refractivity contribution in [3.05, 3.63) is 0 Å². The third-order valence-electron chi connectivity index (χ3n) is 1.76. The summed E-state index contributed by atoms with van der Waals surface area (Å²) in [6.07, 6.45) is 2.63. The van der Waals surface area contributed by atoms with Crippen LogP contribution in [0.5, 0.6) is 0 Å². The monoisotopic (exact) mass is 170 g/mol. The van der Waals surface area contributed by atoms with Gasteiger partial charge in [-0.1, -0.05) is 6.92 Å². The number of hydrogen-bond donors (Lipinski definition) is 1. The Morgan fingerprint density at radius 1 is 1.58 bits per heavy atom. The van der Waals surface area contributed by atoms with Gasteiger partial charge in [0.15, 0.2) is 0 Å². The molecule has 70 valence electrons. The molecule has 0 fully saturated rings. The number of methoxy groups -OCH3 is 1. The van der Waals surface area contributed by atoms with Gasteiger partial charge in [-0.05, 0) is 19.4 Å². The first-order valence-corrected chi connectivity index (χ1v) is 4.44. The maximum absolute atomic E-state index is 8.29. The van der Waals surface area contributed by atoms with Gasteiger partial charge in [-0.3, -0.25) is 0 Å². The zero-order chi connectivity index (χ0) is 9.23. The highest BCUT2D eigenvalue weighted by Crippen LogP contribution is 1.92. The summed E-state index contributed by atoms with van der Waals surface area (Å²) in [4.78, 5) is 0. The predicted molar refractivity (Wildman–Crippen MR) is 48.8 cm³/mol. The molecule has 1 N–H and O–H groups in total. The van der Waals surface area contributed by atoms with Crippen LogP contribution in [-0.2, 0) is 4.74 Å². The van der Waals surface area contributed by atoms with Gasteiger partial charge in [-0.15, -0.1) is 0 Å². The molecule has 0 saturated heterocycles. The average Bonchev–Trinajstić information content (AvgIpc) is 2.10. The van der Waals surface area contributed by atoms with Gasteiger partial charge in [0.25, 0.3) is 0 Å². The minimum absolute atomic E-state index is 0.439. The van der Waals surface area contributed by atoms with E-state index in [1.54, 1.807) is 7.11 Å². The number of nitrogens with one attached hydrogen (secondary N) is 1. The fourth-order valence-corrected chi connectivity index (χ4v) is 0.996. The van der Waals surface area contributed by atoms with E-state index in [9.17, 15) is 0 Å². The number of nitriles is 1. The van der Waals surface area contributed by atoms with Gasteiger partial charge >= 0.3 is 0 Å². The first kappa shape index (κ1) is 11.4.